The molecule has 0 saturated carbocycles. The maximum Gasteiger partial charge on any atom is 0.336 e. The van der Waals surface area contributed by atoms with E-state index in [4.69, 9.17) is 4.74 Å². The van der Waals surface area contributed by atoms with Gasteiger partial charge in [0.15, 0.2) is 0 Å². The highest BCUT2D eigenvalue weighted by Crippen LogP contribution is 2.26. The van der Waals surface area contributed by atoms with E-state index in [1.807, 2.05) is 38.1 Å². The largest absolute Gasteiger partial charge is 0.491 e. The van der Waals surface area contributed by atoms with Gasteiger partial charge in [-0.05, 0) is 36.8 Å². The summed E-state index contributed by atoms with van der Waals surface area (Å²) in [6.45, 7) is 3.82. The van der Waals surface area contributed by atoms with E-state index in [1.165, 1.54) is 0 Å². The highest BCUT2D eigenvalue weighted by atomic mass is 16.5. The van der Waals surface area contributed by atoms with Crippen LogP contribution < -0.4 is 4.74 Å². The molecule has 0 amide bonds. The summed E-state index contributed by atoms with van der Waals surface area (Å²) in [6, 6.07) is 10.8. The Morgan fingerprint density at radius 3 is 2.59 bits per heavy atom. The number of rotatable bonds is 3. The Morgan fingerprint density at radius 1 is 1.24 bits per heavy atom. The topological polar surface area (TPSA) is 46.5 Å². The highest BCUT2D eigenvalue weighted by Gasteiger charge is 2.11. The van der Waals surface area contributed by atoms with E-state index in [2.05, 4.69) is 0 Å². The van der Waals surface area contributed by atoms with Gasteiger partial charge in [0.2, 0.25) is 0 Å². The zero-order valence-corrected chi connectivity index (χ0v) is 9.81. The lowest BCUT2D eigenvalue weighted by Gasteiger charge is -2.12. The molecule has 0 aliphatic rings. The van der Waals surface area contributed by atoms with E-state index in [-0.39, 0.29) is 11.7 Å². The van der Waals surface area contributed by atoms with E-state index >= 15 is 0 Å². The fraction of sp³-hybridized carbons (Fsp3) is 0.214. The summed E-state index contributed by atoms with van der Waals surface area (Å²) in [6.07, 6.45) is 0.0257. The van der Waals surface area contributed by atoms with Crippen molar-refractivity contribution < 1.29 is 14.6 Å². The van der Waals surface area contributed by atoms with Crippen molar-refractivity contribution in [1.82, 2.24) is 0 Å². The lowest BCUT2D eigenvalue weighted by atomic mass is 10.0. The second-order valence-corrected chi connectivity index (χ2v) is 4.16. The SMILES string of the molecule is CC(C)Oc1cc(C(=O)O)c2ccccc2c1. The van der Waals surface area contributed by atoms with Gasteiger partial charge in [-0.2, -0.15) is 0 Å². The Kier molecular flexibility index (Phi) is 3.00. The lowest BCUT2D eigenvalue weighted by molar-refractivity contribution is 0.0698. The minimum absolute atomic E-state index is 0.0257. The molecule has 0 bridgehead atoms. The molecule has 0 unspecified atom stereocenters. The van der Waals surface area contributed by atoms with Crippen molar-refractivity contribution in [2.75, 3.05) is 0 Å². The lowest BCUT2D eigenvalue weighted by Crippen LogP contribution is -2.07. The summed E-state index contributed by atoms with van der Waals surface area (Å²) in [4.78, 5) is 11.2. The zero-order valence-electron chi connectivity index (χ0n) is 9.81. The first kappa shape index (κ1) is 11.5. The smallest absolute Gasteiger partial charge is 0.336 e. The molecule has 0 atom stereocenters. The van der Waals surface area contributed by atoms with Crippen molar-refractivity contribution >= 4 is 16.7 Å². The summed E-state index contributed by atoms with van der Waals surface area (Å²) >= 11 is 0. The standard InChI is InChI=1S/C14H14O3/c1-9(2)17-11-7-10-5-3-4-6-12(10)13(8-11)14(15)16/h3-9H,1-2H3,(H,15,16). The normalized spacial score (nSPS) is 10.8. The molecular weight excluding hydrogens is 216 g/mol. The van der Waals surface area contributed by atoms with Gasteiger partial charge in [0.25, 0.3) is 0 Å². The second kappa shape index (κ2) is 4.45. The molecule has 0 heterocycles. The van der Waals surface area contributed by atoms with Crippen LogP contribution in [0.25, 0.3) is 10.8 Å². The second-order valence-electron chi connectivity index (χ2n) is 4.16. The van der Waals surface area contributed by atoms with Crippen LogP contribution in [0.5, 0.6) is 5.75 Å². The Hall–Kier alpha value is -2.03. The summed E-state index contributed by atoms with van der Waals surface area (Å²) in [7, 11) is 0. The van der Waals surface area contributed by atoms with Crippen LogP contribution in [0.1, 0.15) is 24.2 Å². The monoisotopic (exact) mass is 230 g/mol. The molecule has 0 fully saturated rings. The molecule has 3 nitrogen and oxygen atoms in total. The summed E-state index contributed by atoms with van der Waals surface area (Å²) in [5, 5.41) is 10.8. The average Bonchev–Trinajstić information content (AvgIpc) is 2.27. The van der Waals surface area contributed by atoms with Crippen molar-refractivity contribution in [3.05, 3.63) is 42.0 Å². The molecule has 2 aromatic rings. The third-order valence-electron chi connectivity index (χ3n) is 2.44. The van der Waals surface area contributed by atoms with Gasteiger partial charge in [-0.3, -0.25) is 0 Å². The van der Waals surface area contributed by atoms with Crippen LogP contribution in [-0.2, 0) is 0 Å². The van der Waals surface area contributed by atoms with Crippen molar-refractivity contribution in [2.24, 2.45) is 0 Å². The fourth-order valence-corrected chi connectivity index (χ4v) is 1.80. The molecule has 0 aliphatic carbocycles. The van der Waals surface area contributed by atoms with E-state index in [0.29, 0.717) is 5.75 Å². The van der Waals surface area contributed by atoms with Crippen molar-refractivity contribution in [3.8, 4) is 5.75 Å². The third-order valence-corrected chi connectivity index (χ3v) is 2.44. The molecule has 0 spiro atoms. The third kappa shape index (κ3) is 2.38. The van der Waals surface area contributed by atoms with Gasteiger partial charge in [-0.25, -0.2) is 4.79 Å². The number of hydrogen-bond acceptors (Lipinski definition) is 2. The van der Waals surface area contributed by atoms with E-state index < -0.39 is 5.97 Å². The van der Waals surface area contributed by atoms with Gasteiger partial charge < -0.3 is 9.84 Å². The van der Waals surface area contributed by atoms with E-state index in [0.717, 1.165) is 10.8 Å². The Bertz CT molecular complexity index is 558. The zero-order chi connectivity index (χ0) is 12.4. The fourth-order valence-electron chi connectivity index (χ4n) is 1.80. The van der Waals surface area contributed by atoms with Gasteiger partial charge in [0.05, 0.1) is 11.7 Å². The molecule has 2 rings (SSSR count). The van der Waals surface area contributed by atoms with Gasteiger partial charge in [0, 0.05) is 0 Å². The molecular formula is C14H14O3. The molecule has 0 radical (unpaired) electrons. The first-order chi connectivity index (χ1) is 8.08. The number of carboxylic acid groups (broad SMARTS) is 1. The van der Waals surface area contributed by atoms with Gasteiger partial charge in [-0.15, -0.1) is 0 Å². The first-order valence-electron chi connectivity index (χ1n) is 5.50. The number of benzene rings is 2. The molecule has 0 aromatic heterocycles. The van der Waals surface area contributed by atoms with Crippen LogP contribution in [0, 0.1) is 0 Å². The molecule has 0 saturated heterocycles. The quantitative estimate of drug-likeness (QED) is 0.879. The average molecular weight is 230 g/mol. The van der Waals surface area contributed by atoms with Crippen LogP contribution >= 0.6 is 0 Å². The first-order valence-corrected chi connectivity index (χ1v) is 5.50. The van der Waals surface area contributed by atoms with Gasteiger partial charge in [0.1, 0.15) is 5.75 Å². The minimum Gasteiger partial charge on any atom is -0.491 e. The Morgan fingerprint density at radius 2 is 1.94 bits per heavy atom. The van der Waals surface area contributed by atoms with Crippen molar-refractivity contribution in [2.45, 2.75) is 20.0 Å². The number of aromatic carboxylic acids is 1. The van der Waals surface area contributed by atoms with Crippen LogP contribution in [-0.4, -0.2) is 17.2 Å². The van der Waals surface area contributed by atoms with E-state index in [1.54, 1.807) is 12.1 Å². The Balaban J connectivity index is 2.63. The summed E-state index contributed by atoms with van der Waals surface area (Å²) in [5.41, 5.74) is 0.277. The predicted octanol–water partition coefficient (Wildman–Crippen LogP) is 3.33. The highest BCUT2D eigenvalue weighted by molar-refractivity contribution is 6.04. The van der Waals surface area contributed by atoms with Gasteiger partial charge in [-0.1, -0.05) is 24.3 Å². The number of ether oxygens (including phenoxy) is 1. The van der Waals surface area contributed by atoms with Gasteiger partial charge >= 0.3 is 5.97 Å². The number of carbonyl (C=O) groups is 1. The summed E-state index contributed by atoms with van der Waals surface area (Å²) < 4.78 is 5.55. The number of fused-ring (bicyclic) bond motifs is 1. The number of hydrogen-bond donors (Lipinski definition) is 1. The molecule has 17 heavy (non-hydrogen) atoms. The minimum atomic E-state index is -0.935. The van der Waals surface area contributed by atoms with E-state index in [9.17, 15) is 9.90 Å². The molecule has 2 aromatic carbocycles. The Labute approximate surface area is 99.6 Å². The summed E-state index contributed by atoms with van der Waals surface area (Å²) in [5.74, 6) is -0.341. The van der Waals surface area contributed by atoms with Crippen LogP contribution in [0.4, 0.5) is 0 Å². The van der Waals surface area contributed by atoms with Crippen molar-refractivity contribution in [1.29, 1.82) is 0 Å². The molecule has 0 aliphatic heterocycles. The molecule has 88 valence electrons. The molecule has 1 N–H and O–H groups in total. The predicted molar refractivity (Wildman–Crippen MR) is 66.7 cm³/mol. The van der Waals surface area contributed by atoms with Crippen LogP contribution in [0.3, 0.4) is 0 Å². The maximum absolute atomic E-state index is 11.2. The molecule has 3 heteroatoms. The van der Waals surface area contributed by atoms with Crippen LogP contribution in [0.2, 0.25) is 0 Å². The van der Waals surface area contributed by atoms with Crippen molar-refractivity contribution in [3.63, 3.8) is 0 Å². The van der Waals surface area contributed by atoms with Crippen LogP contribution in [0.15, 0.2) is 36.4 Å². The maximum atomic E-state index is 11.2. The number of carboxylic acids is 1.